The minimum atomic E-state index is -1.08. The number of carbonyl (C=O) groups is 2. The van der Waals surface area contributed by atoms with Crippen LogP contribution >= 0.6 is 22.9 Å². The van der Waals surface area contributed by atoms with Gasteiger partial charge < -0.3 is 10.4 Å². The average molecular weight is 316 g/mol. The number of rotatable bonds is 5. The van der Waals surface area contributed by atoms with E-state index in [-0.39, 0.29) is 5.91 Å². The van der Waals surface area contributed by atoms with Crippen LogP contribution in [0.5, 0.6) is 0 Å². The van der Waals surface area contributed by atoms with Crippen LogP contribution in [0.4, 0.5) is 0 Å². The molecule has 6 heteroatoms. The van der Waals surface area contributed by atoms with Crippen molar-refractivity contribution in [3.8, 4) is 0 Å². The summed E-state index contributed by atoms with van der Waals surface area (Å²) in [5, 5.41) is 11.9. The third-order valence-electron chi connectivity index (χ3n) is 3.53. The molecule has 0 atom stereocenters. The summed E-state index contributed by atoms with van der Waals surface area (Å²) in [5.41, 5.74) is -1.96. The molecule has 1 aromatic heterocycles. The number of thiophene rings is 1. The van der Waals surface area contributed by atoms with Crippen LogP contribution in [-0.4, -0.2) is 22.5 Å². The van der Waals surface area contributed by atoms with Crippen molar-refractivity contribution in [2.24, 2.45) is 5.41 Å². The topological polar surface area (TPSA) is 66.4 Å². The third kappa shape index (κ3) is 3.84. The fraction of sp³-hybridized carbons (Fsp3) is 0.429. The molecule has 0 spiro atoms. The van der Waals surface area contributed by atoms with Crippen LogP contribution in [0.15, 0.2) is 18.2 Å². The fourth-order valence-electron chi connectivity index (χ4n) is 1.35. The van der Waals surface area contributed by atoms with E-state index in [1.165, 1.54) is 17.4 Å². The van der Waals surface area contributed by atoms with Gasteiger partial charge in [0.2, 0.25) is 5.91 Å². The van der Waals surface area contributed by atoms with Crippen LogP contribution in [0.2, 0.25) is 4.34 Å². The molecule has 1 amide bonds. The number of aliphatic carboxylic acids is 1. The lowest BCUT2D eigenvalue weighted by Gasteiger charge is -2.38. The maximum absolute atomic E-state index is 11.9. The molecule has 1 aromatic rings. The largest absolute Gasteiger partial charge is 0.481 e. The first-order chi connectivity index (χ1) is 9.06. The molecule has 0 unspecified atom stereocenters. The van der Waals surface area contributed by atoms with Gasteiger partial charge in [-0.1, -0.05) is 11.6 Å². The van der Waals surface area contributed by atoms with Gasteiger partial charge in [-0.3, -0.25) is 9.59 Å². The molecule has 110 valence electrons. The van der Waals surface area contributed by atoms with Gasteiger partial charge in [-0.2, -0.15) is 0 Å². The lowest BCUT2D eigenvalue weighted by atomic mass is 9.74. The van der Waals surface area contributed by atoms with E-state index in [0.29, 0.717) is 4.34 Å². The first kappa shape index (κ1) is 16.7. The molecule has 0 aliphatic heterocycles. The maximum Gasteiger partial charge on any atom is 0.311 e. The number of nitrogens with one attached hydrogen (secondary N) is 1. The van der Waals surface area contributed by atoms with Gasteiger partial charge in [0, 0.05) is 11.0 Å². The van der Waals surface area contributed by atoms with Gasteiger partial charge >= 0.3 is 5.97 Å². The van der Waals surface area contributed by atoms with Crippen LogP contribution < -0.4 is 5.32 Å². The Bertz CT molecular complexity index is 546. The Labute approximate surface area is 127 Å². The van der Waals surface area contributed by atoms with Crippen molar-refractivity contribution in [3.05, 3.63) is 27.4 Å². The summed E-state index contributed by atoms with van der Waals surface area (Å²) in [4.78, 5) is 24.0. The highest BCUT2D eigenvalue weighted by atomic mass is 35.5. The molecule has 0 radical (unpaired) electrons. The predicted molar refractivity (Wildman–Crippen MR) is 82.0 cm³/mol. The minimum absolute atomic E-state index is 0.339. The standard InChI is InChI=1S/C14H18ClNO3S/c1-13(2,12(18)19)14(3,4)16-11(17)8-6-9-5-7-10(15)20-9/h5-8H,1-4H3,(H,16,17)(H,18,19). The van der Waals surface area contributed by atoms with Crippen LogP contribution in [-0.2, 0) is 9.59 Å². The monoisotopic (exact) mass is 315 g/mol. The van der Waals surface area contributed by atoms with E-state index < -0.39 is 16.9 Å². The molecule has 1 heterocycles. The lowest BCUT2D eigenvalue weighted by Crippen LogP contribution is -2.56. The quantitative estimate of drug-likeness (QED) is 0.818. The second kappa shape index (κ2) is 5.97. The van der Waals surface area contributed by atoms with E-state index in [9.17, 15) is 14.7 Å². The third-order valence-corrected chi connectivity index (χ3v) is 4.72. The predicted octanol–water partition coefficient (Wildman–Crippen LogP) is 3.42. The van der Waals surface area contributed by atoms with E-state index >= 15 is 0 Å². The summed E-state index contributed by atoms with van der Waals surface area (Å²) in [5.74, 6) is -1.30. The molecule has 0 aliphatic rings. The summed E-state index contributed by atoms with van der Waals surface area (Å²) in [7, 11) is 0. The molecule has 4 nitrogen and oxygen atoms in total. The first-order valence-corrected chi connectivity index (χ1v) is 7.24. The molecule has 0 bridgehead atoms. The van der Waals surface area contributed by atoms with Crippen molar-refractivity contribution in [2.45, 2.75) is 33.2 Å². The molecule has 20 heavy (non-hydrogen) atoms. The Kier molecular flexibility index (Phi) is 5.00. The first-order valence-electron chi connectivity index (χ1n) is 6.05. The molecule has 2 N–H and O–H groups in total. The van der Waals surface area contributed by atoms with Gasteiger partial charge in [0.15, 0.2) is 0 Å². The van der Waals surface area contributed by atoms with Gasteiger partial charge in [0.05, 0.1) is 15.3 Å². The molecular formula is C14H18ClNO3S. The van der Waals surface area contributed by atoms with E-state index in [4.69, 9.17) is 11.6 Å². The zero-order valence-corrected chi connectivity index (χ0v) is 13.4. The summed E-state index contributed by atoms with van der Waals surface area (Å²) in [6.07, 6.45) is 3.03. The zero-order chi connectivity index (χ0) is 15.6. The molecule has 0 aromatic carbocycles. The second-order valence-electron chi connectivity index (χ2n) is 5.52. The van der Waals surface area contributed by atoms with E-state index in [2.05, 4.69) is 5.32 Å². The van der Waals surface area contributed by atoms with Crippen LogP contribution in [0, 0.1) is 5.41 Å². The van der Waals surface area contributed by atoms with Crippen LogP contribution in [0.1, 0.15) is 32.6 Å². The van der Waals surface area contributed by atoms with Crippen molar-refractivity contribution >= 4 is 40.9 Å². The number of carbonyl (C=O) groups excluding carboxylic acids is 1. The Balaban J connectivity index is 2.75. The van der Waals surface area contributed by atoms with E-state index in [1.807, 2.05) is 6.07 Å². The average Bonchev–Trinajstić information content (AvgIpc) is 2.71. The zero-order valence-electron chi connectivity index (χ0n) is 11.9. The van der Waals surface area contributed by atoms with Crippen molar-refractivity contribution in [2.75, 3.05) is 0 Å². The van der Waals surface area contributed by atoms with Gasteiger partial charge in [0.25, 0.3) is 0 Å². The number of amides is 1. The minimum Gasteiger partial charge on any atom is -0.481 e. The van der Waals surface area contributed by atoms with Gasteiger partial charge in [-0.15, -0.1) is 11.3 Å². The highest BCUT2D eigenvalue weighted by Crippen LogP contribution is 2.30. The molecule has 0 saturated heterocycles. The second-order valence-corrected chi connectivity index (χ2v) is 7.27. The Morgan fingerprint density at radius 3 is 2.35 bits per heavy atom. The van der Waals surface area contributed by atoms with E-state index in [1.54, 1.807) is 39.8 Å². The summed E-state index contributed by atoms with van der Waals surface area (Å²) in [6, 6.07) is 3.56. The Morgan fingerprint density at radius 2 is 1.90 bits per heavy atom. The highest BCUT2D eigenvalue weighted by Gasteiger charge is 2.44. The molecular weight excluding hydrogens is 298 g/mol. The molecule has 0 fully saturated rings. The SMILES string of the molecule is CC(C)(NC(=O)C=Cc1ccc(Cl)s1)C(C)(C)C(=O)O. The number of halogens is 1. The normalized spacial score (nSPS) is 12.7. The van der Waals surface area contributed by atoms with Gasteiger partial charge in [-0.25, -0.2) is 0 Å². The Morgan fingerprint density at radius 1 is 1.30 bits per heavy atom. The van der Waals surface area contributed by atoms with Gasteiger partial charge in [0.1, 0.15) is 0 Å². The summed E-state index contributed by atoms with van der Waals surface area (Å²) in [6.45, 7) is 6.54. The summed E-state index contributed by atoms with van der Waals surface area (Å²) < 4.78 is 0.650. The Hall–Kier alpha value is -1.33. The maximum atomic E-state index is 11.9. The molecule has 0 saturated carbocycles. The summed E-state index contributed by atoms with van der Waals surface area (Å²) >= 11 is 7.16. The molecule has 1 rings (SSSR count). The van der Waals surface area contributed by atoms with Crippen LogP contribution in [0.3, 0.4) is 0 Å². The van der Waals surface area contributed by atoms with Crippen molar-refractivity contribution in [3.63, 3.8) is 0 Å². The highest BCUT2D eigenvalue weighted by molar-refractivity contribution is 7.17. The number of hydrogen-bond acceptors (Lipinski definition) is 3. The number of hydrogen-bond donors (Lipinski definition) is 2. The van der Waals surface area contributed by atoms with E-state index in [0.717, 1.165) is 4.88 Å². The van der Waals surface area contributed by atoms with Crippen molar-refractivity contribution in [1.29, 1.82) is 0 Å². The van der Waals surface area contributed by atoms with Crippen LogP contribution in [0.25, 0.3) is 6.08 Å². The lowest BCUT2D eigenvalue weighted by molar-refractivity contribution is -0.151. The number of carboxylic acids is 1. The molecule has 0 aliphatic carbocycles. The number of carboxylic acid groups (broad SMARTS) is 1. The van der Waals surface area contributed by atoms with Crippen molar-refractivity contribution in [1.82, 2.24) is 5.32 Å². The van der Waals surface area contributed by atoms with Crippen molar-refractivity contribution < 1.29 is 14.7 Å². The van der Waals surface area contributed by atoms with Gasteiger partial charge in [-0.05, 0) is 45.9 Å². The smallest absolute Gasteiger partial charge is 0.311 e. The fourth-order valence-corrected chi connectivity index (χ4v) is 2.31.